The maximum atomic E-state index is 13.4. The van der Waals surface area contributed by atoms with Crippen molar-refractivity contribution in [3.05, 3.63) is 89.5 Å². The zero-order chi connectivity index (χ0) is 21.9. The fourth-order valence-electron chi connectivity index (χ4n) is 2.93. The molecule has 156 valence electrons. The molecule has 0 heterocycles. The highest BCUT2D eigenvalue weighted by Crippen LogP contribution is 2.28. The molecule has 0 aliphatic rings. The highest BCUT2D eigenvalue weighted by atomic mass is 32.2. The number of hydrogen-bond acceptors (Lipinski definition) is 3. The summed E-state index contributed by atoms with van der Waals surface area (Å²) in [4.78, 5) is 12.7. The Bertz CT molecular complexity index is 1180. The zero-order valence-electron chi connectivity index (χ0n) is 16.4. The van der Waals surface area contributed by atoms with E-state index in [0.717, 1.165) is 22.0 Å². The summed E-state index contributed by atoms with van der Waals surface area (Å²) in [6.07, 6.45) is 0. The average molecular weight is 430 g/mol. The van der Waals surface area contributed by atoms with E-state index in [1.807, 2.05) is 13.0 Å². The van der Waals surface area contributed by atoms with E-state index in [1.165, 1.54) is 18.2 Å². The fraction of sp³-hybridized carbons (Fsp3) is 0.136. The van der Waals surface area contributed by atoms with Gasteiger partial charge in [-0.3, -0.25) is 9.10 Å². The van der Waals surface area contributed by atoms with E-state index in [0.29, 0.717) is 11.3 Å². The van der Waals surface area contributed by atoms with Crippen LogP contribution in [0.25, 0.3) is 0 Å². The Labute approximate surface area is 174 Å². The zero-order valence-corrected chi connectivity index (χ0v) is 17.2. The second kappa shape index (κ2) is 8.62. The highest BCUT2D eigenvalue weighted by molar-refractivity contribution is 7.92. The second-order valence-electron chi connectivity index (χ2n) is 6.72. The number of halogens is 2. The van der Waals surface area contributed by atoms with Crippen molar-refractivity contribution in [2.45, 2.75) is 18.7 Å². The number of aryl methyl sites for hydroxylation is 1. The standard InChI is InChI=1S/C22H20F2N2O3S/c1-15-7-6-10-21(16(15)2)26(30(28,29)18-8-4-3-5-9-18)14-22(27)25-17-11-12-19(23)20(24)13-17/h3-13H,14H2,1-2H3,(H,25,27). The van der Waals surface area contributed by atoms with E-state index in [1.54, 1.807) is 37.3 Å². The van der Waals surface area contributed by atoms with Crippen LogP contribution in [-0.4, -0.2) is 20.9 Å². The van der Waals surface area contributed by atoms with Gasteiger partial charge in [-0.1, -0.05) is 30.3 Å². The number of carbonyl (C=O) groups excluding carboxylic acids is 1. The Morgan fingerprint density at radius 1 is 0.933 bits per heavy atom. The Morgan fingerprint density at radius 3 is 2.30 bits per heavy atom. The van der Waals surface area contributed by atoms with Crippen LogP contribution in [0.4, 0.5) is 20.2 Å². The molecule has 0 saturated carbocycles. The lowest BCUT2D eigenvalue weighted by Crippen LogP contribution is -2.38. The van der Waals surface area contributed by atoms with Gasteiger partial charge in [0.2, 0.25) is 5.91 Å². The number of nitrogens with one attached hydrogen (secondary N) is 1. The van der Waals surface area contributed by atoms with Crippen LogP contribution in [0.3, 0.4) is 0 Å². The third-order valence-corrected chi connectivity index (χ3v) is 6.44. The first-order valence-corrected chi connectivity index (χ1v) is 10.5. The average Bonchev–Trinajstić information content (AvgIpc) is 2.72. The molecule has 3 aromatic carbocycles. The molecule has 30 heavy (non-hydrogen) atoms. The largest absolute Gasteiger partial charge is 0.324 e. The molecule has 0 saturated heterocycles. The molecule has 0 atom stereocenters. The van der Waals surface area contributed by atoms with E-state index in [9.17, 15) is 22.0 Å². The van der Waals surface area contributed by atoms with Crippen LogP contribution in [0.5, 0.6) is 0 Å². The highest BCUT2D eigenvalue weighted by Gasteiger charge is 2.28. The van der Waals surface area contributed by atoms with E-state index < -0.39 is 34.1 Å². The summed E-state index contributed by atoms with van der Waals surface area (Å²) in [5.41, 5.74) is 1.95. The van der Waals surface area contributed by atoms with Gasteiger partial charge >= 0.3 is 0 Å². The maximum absolute atomic E-state index is 13.4. The van der Waals surface area contributed by atoms with Crippen molar-refractivity contribution in [1.29, 1.82) is 0 Å². The second-order valence-corrected chi connectivity index (χ2v) is 8.58. The number of nitrogens with zero attached hydrogens (tertiary/aromatic N) is 1. The van der Waals surface area contributed by atoms with Crippen LogP contribution in [0.15, 0.2) is 71.6 Å². The predicted molar refractivity (Wildman–Crippen MR) is 112 cm³/mol. The quantitative estimate of drug-likeness (QED) is 0.630. The van der Waals surface area contributed by atoms with Gasteiger partial charge in [0.05, 0.1) is 10.6 Å². The van der Waals surface area contributed by atoms with Crippen LogP contribution in [0.1, 0.15) is 11.1 Å². The SMILES string of the molecule is Cc1cccc(N(CC(=O)Nc2ccc(F)c(F)c2)S(=O)(=O)c2ccccc2)c1C. The van der Waals surface area contributed by atoms with Gasteiger partial charge in [0, 0.05) is 11.8 Å². The molecule has 5 nitrogen and oxygen atoms in total. The number of benzene rings is 3. The van der Waals surface area contributed by atoms with Gasteiger partial charge in [0.25, 0.3) is 10.0 Å². The van der Waals surface area contributed by atoms with Crippen LogP contribution < -0.4 is 9.62 Å². The molecule has 0 spiro atoms. The third-order valence-electron chi connectivity index (χ3n) is 4.67. The molecule has 0 aliphatic heterocycles. The first-order chi connectivity index (χ1) is 14.2. The van der Waals surface area contributed by atoms with E-state index >= 15 is 0 Å². The summed E-state index contributed by atoms with van der Waals surface area (Å²) in [5, 5.41) is 2.42. The normalized spacial score (nSPS) is 11.2. The van der Waals surface area contributed by atoms with Crippen molar-refractivity contribution >= 4 is 27.3 Å². The Balaban J connectivity index is 1.98. The Hall–Kier alpha value is -3.26. The Kier molecular flexibility index (Phi) is 6.17. The topological polar surface area (TPSA) is 66.5 Å². The van der Waals surface area contributed by atoms with E-state index in [2.05, 4.69) is 5.32 Å². The molecular weight excluding hydrogens is 410 g/mol. The molecule has 0 aromatic heterocycles. The summed E-state index contributed by atoms with van der Waals surface area (Å²) in [6.45, 7) is 3.07. The number of hydrogen-bond donors (Lipinski definition) is 1. The first-order valence-electron chi connectivity index (χ1n) is 9.09. The van der Waals surface area contributed by atoms with Crippen molar-refractivity contribution in [2.75, 3.05) is 16.2 Å². The lowest BCUT2D eigenvalue weighted by atomic mass is 10.1. The van der Waals surface area contributed by atoms with Gasteiger partial charge in [-0.2, -0.15) is 0 Å². The summed E-state index contributed by atoms with van der Waals surface area (Å²) in [7, 11) is -4.06. The van der Waals surface area contributed by atoms with Crippen LogP contribution in [0.2, 0.25) is 0 Å². The summed E-state index contributed by atoms with van der Waals surface area (Å²) in [5.74, 6) is -2.85. The Morgan fingerprint density at radius 2 is 1.63 bits per heavy atom. The molecule has 3 rings (SSSR count). The van der Waals surface area contributed by atoms with Crippen molar-refractivity contribution in [2.24, 2.45) is 0 Å². The number of sulfonamides is 1. The van der Waals surface area contributed by atoms with E-state index in [4.69, 9.17) is 0 Å². The number of amides is 1. The minimum Gasteiger partial charge on any atom is -0.324 e. The molecule has 8 heteroatoms. The lowest BCUT2D eigenvalue weighted by Gasteiger charge is -2.26. The van der Waals surface area contributed by atoms with Gasteiger partial charge in [0.15, 0.2) is 11.6 Å². The van der Waals surface area contributed by atoms with Crippen molar-refractivity contribution in [1.82, 2.24) is 0 Å². The molecule has 0 unspecified atom stereocenters. The molecular formula is C22H20F2N2O3S. The van der Waals surface area contributed by atoms with Crippen LogP contribution in [0, 0.1) is 25.5 Å². The minimum absolute atomic E-state index is 0.0249. The van der Waals surface area contributed by atoms with Gasteiger partial charge in [-0.25, -0.2) is 17.2 Å². The van der Waals surface area contributed by atoms with Crippen molar-refractivity contribution < 1.29 is 22.0 Å². The van der Waals surface area contributed by atoms with Gasteiger partial charge < -0.3 is 5.32 Å². The van der Waals surface area contributed by atoms with Crippen LogP contribution >= 0.6 is 0 Å². The number of rotatable bonds is 6. The smallest absolute Gasteiger partial charge is 0.264 e. The molecule has 0 radical (unpaired) electrons. The molecule has 1 N–H and O–H groups in total. The maximum Gasteiger partial charge on any atom is 0.264 e. The number of carbonyl (C=O) groups is 1. The van der Waals surface area contributed by atoms with Crippen LogP contribution in [-0.2, 0) is 14.8 Å². The molecule has 0 bridgehead atoms. The summed E-state index contributed by atoms with van der Waals surface area (Å²) < 4.78 is 54.2. The summed E-state index contributed by atoms with van der Waals surface area (Å²) in [6, 6.07) is 15.8. The predicted octanol–water partition coefficient (Wildman–Crippen LogP) is 4.42. The van der Waals surface area contributed by atoms with Crippen molar-refractivity contribution in [3.8, 4) is 0 Å². The van der Waals surface area contributed by atoms with Gasteiger partial charge in [0.1, 0.15) is 6.54 Å². The molecule has 0 aliphatic carbocycles. The monoisotopic (exact) mass is 430 g/mol. The van der Waals surface area contributed by atoms with E-state index in [-0.39, 0.29) is 10.6 Å². The molecule has 1 amide bonds. The van der Waals surface area contributed by atoms with Gasteiger partial charge in [-0.15, -0.1) is 0 Å². The summed E-state index contributed by atoms with van der Waals surface area (Å²) >= 11 is 0. The molecule has 0 fully saturated rings. The third kappa shape index (κ3) is 4.49. The minimum atomic E-state index is -4.06. The lowest BCUT2D eigenvalue weighted by molar-refractivity contribution is -0.114. The number of anilines is 2. The molecule has 3 aromatic rings. The fourth-order valence-corrected chi connectivity index (χ4v) is 4.43. The van der Waals surface area contributed by atoms with Crippen molar-refractivity contribution in [3.63, 3.8) is 0 Å². The first kappa shape index (κ1) is 21.4. The van der Waals surface area contributed by atoms with Gasteiger partial charge in [-0.05, 0) is 55.3 Å².